The first-order valence-electron chi connectivity index (χ1n) is 11.1. The van der Waals surface area contributed by atoms with Crippen molar-refractivity contribution in [2.75, 3.05) is 18.8 Å². The highest BCUT2D eigenvalue weighted by atomic mass is 35.5. The van der Waals surface area contributed by atoms with Crippen LogP contribution in [0.3, 0.4) is 0 Å². The summed E-state index contributed by atoms with van der Waals surface area (Å²) in [4.78, 5) is 14.9. The first kappa shape index (κ1) is 23.7. The van der Waals surface area contributed by atoms with Crippen LogP contribution in [0.1, 0.15) is 43.6 Å². The molecule has 0 radical (unpaired) electrons. The van der Waals surface area contributed by atoms with Crippen LogP contribution in [0.25, 0.3) is 5.69 Å². The number of carbonyl (C=O) groups is 1. The van der Waals surface area contributed by atoms with Crippen molar-refractivity contribution in [2.24, 2.45) is 0 Å². The van der Waals surface area contributed by atoms with Crippen molar-refractivity contribution in [3.05, 3.63) is 70.8 Å². The summed E-state index contributed by atoms with van der Waals surface area (Å²) in [5, 5.41) is 13.1. The number of nitrogens with one attached hydrogen (secondary N) is 1. The van der Waals surface area contributed by atoms with E-state index in [4.69, 9.17) is 11.6 Å². The second kappa shape index (κ2) is 11.1. The number of nitrogens with zero attached hydrogens (tertiary/aromatic N) is 4. The summed E-state index contributed by atoms with van der Waals surface area (Å²) >= 11 is 7.23. The third kappa shape index (κ3) is 6.13. The van der Waals surface area contributed by atoms with Gasteiger partial charge in [-0.05, 0) is 74.8 Å². The first-order chi connectivity index (χ1) is 16.0. The number of hydrogen-bond acceptors (Lipinski definition) is 5. The molecule has 1 aromatic heterocycles. The number of benzene rings is 2. The van der Waals surface area contributed by atoms with E-state index in [1.165, 1.54) is 43.2 Å². The number of thioether (sulfide) groups is 1. The van der Waals surface area contributed by atoms with Gasteiger partial charge < -0.3 is 5.32 Å². The summed E-state index contributed by atoms with van der Waals surface area (Å²) in [7, 11) is 0. The van der Waals surface area contributed by atoms with Gasteiger partial charge in [-0.1, -0.05) is 41.9 Å². The van der Waals surface area contributed by atoms with Gasteiger partial charge in [-0.25, -0.2) is 4.39 Å². The lowest BCUT2D eigenvalue weighted by Gasteiger charge is -2.31. The highest BCUT2D eigenvalue weighted by Gasteiger charge is 2.25. The molecule has 4 rings (SSSR count). The van der Waals surface area contributed by atoms with Gasteiger partial charge in [-0.15, -0.1) is 10.2 Å². The Morgan fingerprint density at radius 2 is 1.79 bits per heavy atom. The number of aromatic nitrogens is 3. The van der Waals surface area contributed by atoms with Crippen LogP contribution < -0.4 is 5.32 Å². The highest BCUT2D eigenvalue weighted by molar-refractivity contribution is 7.99. The molecule has 0 bridgehead atoms. The van der Waals surface area contributed by atoms with Crippen molar-refractivity contribution in [2.45, 2.75) is 43.9 Å². The van der Waals surface area contributed by atoms with Crippen LogP contribution in [0.15, 0.2) is 53.7 Å². The molecule has 1 saturated heterocycles. The summed E-state index contributed by atoms with van der Waals surface area (Å²) in [6.45, 7) is 4.60. The Morgan fingerprint density at radius 3 is 2.48 bits per heavy atom. The first-order valence-corrected chi connectivity index (χ1v) is 12.5. The Balaban J connectivity index is 1.48. The van der Waals surface area contributed by atoms with Gasteiger partial charge in [-0.3, -0.25) is 14.3 Å². The fourth-order valence-electron chi connectivity index (χ4n) is 3.93. The molecule has 1 N–H and O–H groups in total. The topological polar surface area (TPSA) is 63.1 Å². The minimum atomic E-state index is -0.298. The van der Waals surface area contributed by atoms with E-state index in [1.807, 2.05) is 16.7 Å². The van der Waals surface area contributed by atoms with E-state index in [2.05, 4.69) is 27.3 Å². The molecule has 1 aliphatic rings. The predicted octanol–water partition coefficient (Wildman–Crippen LogP) is 5.02. The van der Waals surface area contributed by atoms with Crippen molar-refractivity contribution in [1.82, 2.24) is 25.0 Å². The smallest absolute Gasteiger partial charge is 0.230 e. The summed E-state index contributed by atoms with van der Waals surface area (Å²) in [6, 6.07) is 13.7. The second-order valence-corrected chi connectivity index (χ2v) is 9.50. The van der Waals surface area contributed by atoms with Crippen LogP contribution in [0.4, 0.5) is 4.39 Å². The van der Waals surface area contributed by atoms with Crippen molar-refractivity contribution in [3.63, 3.8) is 0 Å². The van der Waals surface area contributed by atoms with Gasteiger partial charge in [0.05, 0.1) is 11.8 Å². The van der Waals surface area contributed by atoms with Gasteiger partial charge in [0.25, 0.3) is 0 Å². The van der Waals surface area contributed by atoms with E-state index in [9.17, 15) is 9.18 Å². The van der Waals surface area contributed by atoms with Crippen molar-refractivity contribution in [3.8, 4) is 5.69 Å². The number of amides is 1. The molecule has 6 nitrogen and oxygen atoms in total. The van der Waals surface area contributed by atoms with Gasteiger partial charge in [0, 0.05) is 17.3 Å². The maximum Gasteiger partial charge on any atom is 0.230 e. The Labute approximate surface area is 202 Å². The molecular formula is C24H27ClFN5OS. The van der Waals surface area contributed by atoms with E-state index in [-0.39, 0.29) is 23.5 Å². The number of hydrogen-bond donors (Lipinski definition) is 1. The number of piperidine rings is 1. The van der Waals surface area contributed by atoms with Crippen LogP contribution in [0, 0.1) is 5.82 Å². The van der Waals surface area contributed by atoms with Gasteiger partial charge in [0.2, 0.25) is 5.91 Å². The quantitative estimate of drug-likeness (QED) is 0.452. The molecule has 33 heavy (non-hydrogen) atoms. The average Bonchev–Trinajstić information content (AvgIpc) is 3.27. The largest absolute Gasteiger partial charge is 0.351 e. The molecule has 1 aliphatic heterocycles. The molecule has 3 aromatic rings. The Morgan fingerprint density at radius 1 is 1.09 bits per heavy atom. The number of rotatable bonds is 8. The van der Waals surface area contributed by atoms with E-state index in [0.29, 0.717) is 16.7 Å². The number of halogens is 2. The number of carbonyl (C=O) groups excluding carboxylic acids is 1. The van der Waals surface area contributed by atoms with Gasteiger partial charge in [0.15, 0.2) is 11.0 Å². The maximum atomic E-state index is 13.6. The minimum Gasteiger partial charge on any atom is -0.351 e. The van der Waals surface area contributed by atoms with Crippen molar-refractivity contribution in [1.29, 1.82) is 0 Å². The average molecular weight is 488 g/mol. The van der Waals surface area contributed by atoms with E-state index < -0.39 is 0 Å². The molecular weight excluding hydrogens is 461 g/mol. The molecule has 9 heteroatoms. The third-order valence-electron chi connectivity index (χ3n) is 5.79. The standard InChI is InChI=1S/C24H27ClFN5OS/c1-17(30-13-3-2-4-14-30)23-28-29-24(31(23)21-11-9-20(26)10-12-21)33-16-22(32)27-15-18-5-7-19(25)8-6-18/h5-12,17H,2-4,13-16H2,1H3,(H,27,32). The van der Waals surface area contributed by atoms with Crippen LogP contribution in [0.5, 0.6) is 0 Å². The van der Waals surface area contributed by atoms with E-state index in [1.54, 1.807) is 24.3 Å². The van der Waals surface area contributed by atoms with Gasteiger partial charge in [0.1, 0.15) is 5.82 Å². The van der Waals surface area contributed by atoms with Crippen LogP contribution in [-0.2, 0) is 11.3 Å². The third-order valence-corrected chi connectivity index (χ3v) is 6.97. The molecule has 1 atom stereocenters. The van der Waals surface area contributed by atoms with Crippen LogP contribution in [0.2, 0.25) is 5.02 Å². The SMILES string of the molecule is CC(c1nnc(SCC(=O)NCc2ccc(Cl)cc2)n1-c1ccc(F)cc1)N1CCCCC1. The number of likely N-dealkylation sites (tertiary alicyclic amines) is 1. The zero-order valence-electron chi connectivity index (χ0n) is 18.5. The lowest BCUT2D eigenvalue weighted by Crippen LogP contribution is -2.33. The molecule has 1 unspecified atom stereocenters. The fraction of sp³-hybridized carbons (Fsp3) is 0.375. The normalized spacial score (nSPS) is 15.4. The Bertz CT molecular complexity index is 1070. The van der Waals surface area contributed by atoms with Crippen LogP contribution >= 0.6 is 23.4 Å². The summed E-state index contributed by atoms with van der Waals surface area (Å²) in [6.07, 6.45) is 3.59. The fourth-order valence-corrected chi connectivity index (χ4v) is 4.85. The zero-order chi connectivity index (χ0) is 23.2. The molecule has 2 aromatic carbocycles. The molecule has 1 fully saturated rings. The molecule has 0 saturated carbocycles. The molecule has 1 amide bonds. The minimum absolute atomic E-state index is 0.0657. The maximum absolute atomic E-state index is 13.6. The molecule has 174 valence electrons. The lowest BCUT2D eigenvalue weighted by molar-refractivity contribution is -0.118. The van der Waals surface area contributed by atoms with Gasteiger partial charge in [-0.2, -0.15) is 0 Å². The van der Waals surface area contributed by atoms with E-state index >= 15 is 0 Å². The van der Waals surface area contributed by atoms with Crippen LogP contribution in [-0.4, -0.2) is 44.4 Å². The molecule has 0 aliphatic carbocycles. The zero-order valence-corrected chi connectivity index (χ0v) is 20.1. The molecule has 2 heterocycles. The lowest BCUT2D eigenvalue weighted by atomic mass is 10.1. The van der Waals surface area contributed by atoms with Crippen molar-refractivity contribution >= 4 is 29.3 Å². The summed E-state index contributed by atoms with van der Waals surface area (Å²) in [5.74, 6) is 0.598. The predicted molar refractivity (Wildman–Crippen MR) is 129 cm³/mol. The molecule has 0 spiro atoms. The monoisotopic (exact) mass is 487 g/mol. The Hall–Kier alpha value is -2.42. The highest BCUT2D eigenvalue weighted by Crippen LogP contribution is 2.29. The second-order valence-electron chi connectivity index (χ2n) is 8.12. The van der Waals surface area contributed by atoms with Crippen molar-refractivity contribution < 1.29 is 9.18 Å². The summed E-state index contributed by atoms with van der Waals surface area (Å²) < 4.78 is 15.5. The van der Waals surface area contributed by atoms with Gasteiger partial charge >= 0.3 is 0 Å². The van der Waals surface area contributed by atoms with E-state index in [0.717, 1.165) is 30.2 Å². The summed E-state index contributed by atoms with van der Waals surface area (Å²) in [5.41, 5.74) is 1.76. The Kier molecular flexibility index (Phi) is 8.01.